The second-order valence-electron chi connectivity index (χ2n) is 7.95. The second kappa shape index (κ2) is 7.50. The lowest BCUT2D eigenvalue weighted by Gasteiger charge is -2.29. The van der Waals surface area contributed by atoms with E-state index in [9.17, 15) is 0 Å². The van der Waals surface area contributed by atoms with Crippen molar-refractivity contribution in [2.45, 2.75) is 51.4 Å². The standard InChI is InChI=1S/C26H28/c1-19-3-7-21(8-4-19)23-11-15-25(16-12-23)26-17-13-24(14-18-26)22-9-5-20(2)6-10-22/h3-12,15-16,24,26H,13-14,17-18H2,1-2H3. The van der Waals surface area contributed by atoms with Crippen LogP contribution in [0.1, 0.15) is 59.8 Å². The molecule has 0 radical (unpaired) electrons. The third-order valence-corrected chi connectivity index (χ3v) is 6.04. The van der Waals surface area contributed by atoms with Crippen LogP contribution in [0.5, 0.6) is 0 Å². The molecule has 0 heterocycles. The summed E-state index contributed by atoms with van der Waals surface area (Å²) >= 11 is 0. The molecular weight excluding hydrogens is 312 g/mol. The van der Waals surface area contributed by atoms with E-state index >= 15 is 0 Å². The average molecular weight is 341 g/mol. The maximum Gasteiger partial charge on any atom is -0.0162 e. The Kier molecular flexibility index (Phi) is 4.93. The van der Waals surface area contributed by atoms with Gasteiger partial charge in [-0.15, -0.1) is 0 Å². The highest BCUT2D eigenvalue weighted by Gasteiger charge is 2.23. The van der Waals surface area contributed by atoms with Gasteiger partial charge in [-0.05, 0) is 73.6 Å². The minimum atomic E-state index is 0.726. The van der Waals surface area contributed by atoms with Crippen molar-refractivity contribution in [3.05, 3.63) is 95.1 Å². The van der Waals surface area contributed by atoms with E-state index in [4.69, 9.17) is 0 Å². The van der Waals surface area contributed by atoms with Gasteiger partial charge in [0.25, 0.3) is 0 Å². The monoisotopic (exact) mass is 340 g/mol. The van der Waals surface area contributed by atoms with Gasteiger partial charge in [0.1, 0.15) is 0 Å². The first kappa shape index (κ1) is 17.1. The molecule has 0 saturated heterocycles. The highest BCUT2D eigenvalue weighted by molar-refractivity contribution is 5.64. The van der Waals surface area contributed by atoms with Crippen molar-refractivity contribution >= 4 is 0 Å². The molecule has 0 nitrogen and oxygen atoms in total. The lowest BCUT2D eigenvalue weighted by molar-refractivity contribution is 0.396. The van der Waals surface area contributed by atoms with Gasteiger partial charge in [0, 0.05) is 0 Å². The molecule has 1 aliphatic rings. The minimum absolute atomic E-state index is 0.726. The predicted molar refractivity (Wildman–Crippen MR) is 112 cm³/mol. The fourth-order valence-corrected chi connectivity index (χ4v) is 4.29. The van der Waals surface area contributed by atoms with Crippen LogP contribution in [0.3, 0.4) is 0 Å². The molecule has 0 bridgehead atoms. The van der Waals surface area contributed by atoms with Crippen LogP contribution in [-0.4, -0.2) is 0 Å². The van der Waals surface area contributed by atoms with E-state index in [0.29, 0.717) is 0 Å². The molecule has 4 rings (SSSR count). The average Bonchev–Trinajstić information content (AvgIpc) is 2.70. The summed E-state index contributed by atoms with van der Waals surface area (Å²) in [5.74, 6) is 1.47. The van der Waals surface area contributed by atoms with Crippen molar-refractivity contribution in [1.29, 1.82) is 0 Å². The zero-order valence-corrected chi connectivity index (χ0v) is 15.9. The Balaban J connectivity index is 1.41. The zero-order valence-electron chi connectivity index (χ0n) is 15.9. The third kappa shape index (κ3) is 3.75. The first-order valence-electron chi connectivity index (χ1n) is 9.92. The second-order valence-corrected chi connectivity index (χ2v) is 7.95. The number of aryl methyl sites for hydroxylation is 2. The van der Waals surface area contributed by atoms with Gasteiger partial charge in [0.15, 0.2) is 0 Å². The van der Waals surface area contributed by atoms with Crippen LogP contribution in [0.15, 0.2) is 72.8 Å². The van der Waals surface area contributed by atoms with E-state index in [1.807, 2.05) is 0 Å². The van der Waals surface area contributed by atoms with Crippen LogP contribution < -0.4 is 0 Å². The summed E-state index contributed by atoms with van der Waals surface area (Å²) in [6.45, 7) is 4.31. The first-order chi connectivity index (χ1) is 12.7. The smallest absolute Gasteiger partial charge is 0.0162 e. The van der Waals surface area contributed by atoms with E-state index in [-0.39, 0.29) is 0 Å². The van der Waals surface area contributed by atoms with Crippen molar-refractivity contribution in [2.24, 2.45) is 0 Å². The Morgan fingerprint density at radius 1 is 0.462 bits per heavy atom. The summed E-state index contributed by atoms with van der Waals surface area (Å²) < 4.78 is 0. The Labute approximate surface area is 157 Å². The van der Waals surface area contributed by atoms with Gasteiger partial charge in [-0.1, -0.05) is 83.9 Å². The van der Waals surface area contributed by atoms with Gasteiger partial charge in [0.2, 0.25) is 0 Å². The summed E-state index contributed by atoms with van der Waals surface area (Å²) in [6.07, 6.45) is 5.24. The Hall–Kier alpha value is -2.34. The molecule has 0 N–H and O–H groups in total. The first-order valence-corrected chi connectivity index (χ1v) is 9.92. The molecule has 0 amide bonds. The lowest BCUT2D eigenvalue weighted by Crippen LogP contribution is -2.12. The number of hydrogen-bond acceptors (Lipinski definition) is 0. The van der Waals surface area contributed by atoms with E-state index in [0.717, 1.165) is 11.8 Å². The Morgan fingerprint density at radius 3 is 1.19 bits per heavy atom. The molecule has 3 aromatic carbocycles. The molecule has 0 spiro atoms. The Morgan fingerprint density at radius 2 is 0.769 bits per heavy atom. The van der Waals surface area contributed by atoms with Crippen molar-refractivity contribution < 1.29 is 0 Å². The fraction of sp³-hybridized carbons (Fsp3) is 0.308. The highest BCUT2D eigenvalue weighted by Crippen LogP contribution is 2.40. The van der Waals surface area contributed by atoms with Crippen LogP contribution in [-0.2, 0) is 0 Å². The van der Waals surface area contributed by atoms with Gasteiger partial charge in [-0.3, -0.25) is 0 Å². The van der Waals surface area contributed by atoms with E-state index < -0.39 is 0 Å². The quantitative estimate of drug-likeness (QED) is 0.465. The van der Waals surface area contributed by atoms with Gasteiger partial charge >= 0.3 is 0 Å². The van der Waals surface area contributed by atoms with Crippen LogP contribution >= 0.6 is 0 Å². The Bertz CT molecular complexity index is 830. The minimum Gasteiger partial charge on any atom is -0.0590 e. The number of benzene rings is 3. The molecule has 0 aromatic heterocycles. The van der Waals surface area contributed by atoms with Crippen molar-refractivity contribution in [2.75, 3.05) is 0 Å². The van der Waals surface area contributed by atoms with Crippen LogP contribution in [0.4, 0.5) is 0 Å². The van der Waals surface area contributed by atoms with E-state index in [2.05, 4.69) is 86.6 Å². The van der Waals surface area contributed by atoms with Crippen molar-refractivity contribution in [1.82, 2.24) is 0 Å². The summed E-state index contributed by atoms with van der Waals surface area (Å²) in [4.78, 5) is 0. The molecule has 3 aromatic rings. The number of hydrogen-bond donors (Lipinski definition) is 0. The van der Waals surface area contributed by atoms with Gasteiger partial charge in [-0.2, -0.15) is 0 Å². The normalized spacial score (nSPS) is 20.1. The van der Waals surface area contributed by atoms with E-state index in [1.165, 1.54) is 59.1 Å². The van der Waals surface area contributed by atoms with Gasteiger partial charge in [-0.25, -0.2) is 0 Å². The van der Waals surface area contributed by atoms with Crippen LogP contribution in [0.2, 0.25) is 0 Å². The molecule has 1 fully saturated rings. The highest BCUT2D eigenvalue weighted by atomic mass is 14.3. The van der Waals surface area contributed by atoms with Gasteiger partial charge in [0.05, 0.1) is 0 Å². The van der Waals surface area contributed by atoms with Gasteiger partial charge < -0.3 is 0 Å². The van der Waals surface area contributed by atoms with E-state index in [1.54, 1.807) is 0 Å². The molecule has 132 valence electrons. The summed E-state index contributed by atoms with van der Waals surface area (Å²) in [6, 6.07) is 27.3. The zero-order chi connectivity index (χ0) is 17.9. The van der Waals surface area contributed by atoms with Crippen molar-refractivity contribution in [3.8, 4) is 11.1 Å². The lowest BCUT2D eigenvalue weighted by atomic mass is 9.76. The molecule has 0 aliphatic heterocycles. The topological polar surface area (TPSA) is 0 Å². The van der Waals surface area contributed by atoms with Crippen LogP contribution in [0.25, 0.3) is 11.1 Å². The molecule has 0 heteroatoms. The predicted octanol–water partition coefficient (Wildman–Crippen LogP) is 7.41. The van der Waals surface area contributed by atoms with Crippen molar-refractivity contribution in [3.63, 3.8) is 0 Å². The molecule has 0 unspecified atom stereocenters. The third-order valence-electron chi connectivity index (χ3n) is 6.04. The number of rotatable bonds is 3. The molecule has 1 aliphatic carbocycles. The molecule has 1 saturated carbocycles. The summed E-state index contributed by atoms with van der Waals surface area (Å²) in [5.41, 5.74) is 8.35. The SMILES string of the molecule is Cc1ccc(-c2ccc(C3CCC(c4ccc(C)cc4)CC3)cc2)cc1. The largest absolute Gasteiger partial charge is 0.0590 e. The summed E-state index contributed by atoms with van der Waals surface area (Å²) in [5, 5.41) is 0. The molecule has 0 atom stereocenters. The summed E-state index contributed by atoms with van der Waals surface area (Å²) in [7, 11) is 0. The maximum atomic E-state index is 2.35. The van der Waals surface area contributed by atoms with Crippen LogP contribution in [0, 0.1) is 13.8 Å². The molecular formula is C26H28. The maximum absolute atomic E-state index is 2.35. The molecule has 26 heavy (non-hydrogen) atoms. The fourth-order valence-electron chi connectivity index (χ4n) is 4.29.